The highest BCUT2D eigenvalue weighted by Crippen LogP contribution is 2.14. The first-order valence-corrected chi connectivity index (χ1v) is 13.0. The van der Waals surface area contributed by atoms with Crippen molar-refractivity contribution in [3.63, 3.8) is 0 Å². The van der Waals surface area contributed by atoms with E-state index in [1.54, 1.807) is 0 Å². The molecule has 0 aliphatic carbocycles. The summed E-state index contributed by atoms with van der Waals surface area (Å²) in [6, 6.07) is 10.4. The van der Waals surface area contributed by atoms with Gasteiger partial charge in [-0.1, -0.05) is 134 Å². The Kier molecular flexibility index (Phi) is 17.5. The topological polar surface area (TPSA) is 29.1 Å². The maximum absolute atomic E-state index is 12.2. The summed E-state index contributed by atoms with van der Waals surface area (Å²) in [7, 11) is 0. The fourth-order valence-corrected chi connectivity index (χ4v) is 3.99. The minimum absolute atomic E-state index is 0.135. The van der Waals surface area contributed by atoms with Crippen LogP contribution in [0, 0.1) is 6.42 Å². The summed E-state index contributed by atoms with van der Waals surface area (Å²) in [5.74, 6) is 0.198. The zero-order chi connectivity index (χ0) is 21.7. The van der Waals surface area contributed by atoms with Crippen molar-refractivity contribution >= 4 is 5.91 Å². The molecule has 0 aliphatic heterocycles. The van der Waals surface area contributed by atoms with E-state index < -0.39 is 0 Å². The Labute approximate surface area is 187 Å². The molecule has 0 fully saturated rings. The fourth-order valence-electron chi connectivity index (χ4n) is 3.99. The van der Waals surface area contributed by atoms with Gasteiger partial charge in [0.15, 0.2) is 0 Å². The molecule has 171 valence electrons. The second-order valence-electron chi connectivity index (χ2n) is 8.86. The van der Waals surface area contributed by atoms with Crippen molar-refractivity contribution in [3.05, 3.63) is 42.3 Å². The average molecular weight is 415 g/mol. The van der Waals surface area contributed by atoms with Crippen LogP contribution in [0.4, 0.5) is 0 Å². The lowest BCUT2D eigenvalue weighted by Crippen LogP contribution is -2.34. The van der Waals surface area contributed by atoms with Crippen molar-refractivity contribution in [2.75, 3.05) is 0 Å². The molecule has 2 heteroatoms. The molecule has 30 heavy (non-hydrogen) atoms. The third-order valence-corrected chi connectivity index (χ3v) is 5.99. The summed E-state index contributed by atoms with van der Waals surface area (Å²) in [4.78, 5) is 12.2. The molecule has 0 saturated carbocycles. The van der Waals surface area contributed by atoms with Gasteiger partial charge in [0.1, 0.15) is 0 Å². The summed E-state index contributed by atoms with van der Waals surface area (Å²) in [6.07, 6.45) is 24.1. The van der Waals surface area contributed by atoms with Crippen LogP contribution in [-0.2, 0) is 4.79 Å². The number of hydrogen-bond acceptors (Lipinski definition) is 1. The molecule has 0 aliphatic rings. The number of nitrogens with one attached hydrogen (secondary N) is 1. The Bertz CT molecular complexity index is 499. The highest BCUT2D eigenvalue weighted by Gasteiger charge is 2.11. The Morgan fingerprint density at radius 2 is 1.20 bits per heavy atom. The monoisotopic (exact) mass is 414 g/mol. The van der Waals surface area contributed by atoms with Gasteiger partial charge in [0.05, 0.1) is 0 Å². The smallest absolute Gasteiger partial charge is 0.220 e. The summed E-state index contributed by atoms with van der Waals surface area (Å²) < 4.78 is 0. The highest BCUT2D eigenvalue weighted by atomic mass is 16.1. The molecule has 0 bridgehead atoms. The van der Waals surface area contributed by atoms with Crippen molar-refractivity contribution in [2.45, 2.75) is 129 Å². The van der Waals surface area contributed by atoms with Gasteiger partial charge in [-0.2, -0.15) is 0 Å². The summed E-state index contributed by atoms with van der Waals surface area (Å²) >= 11 is 0. The maximum Gasteiger partial charge on any atom is 0.220 e. The van der Waals surface area contributed by atoms with E-state index in [2.05, 4.69) is 37.7 Å². The number of carbonyl (C=O) groups excluding carboxylic acids is 1. The molecule has 0 heterocycles. The van der Waals surface area contributed by atoms with E-state index in [-0.39, 0.29) is 11.9 Å². The maximum atomic E-state index is 12.2. The zero-order valence-electron chi connectivity index (χ0n) is 20.0. The largest absolute Gasteiger partial charge is 0.353 e. The van der Waals surface area contributed by atoms with Crippen molar-refractivity contribution < 1.29 is 4.79 Å². The quantitative estimate of drug-likeness (QED) is 0.213. The van der Waals surface area contributed by atoms with E-state index >= 15 is 0 Å². The van der Waals surface area contributed by atoms with Crippen molar-refractivity contribution in [2.24, 2.45) is 0 Å². The minimum Gasteiger partial charge on any atom is -0.353 e. The SMILES string of the molecule is CCCCCCCCCCCCCCCCCC(=O)NC([CH]c1ccccc1)CC. The van der Waals surface area contributed by atoms with Crippen LogP contribution >= 0.6 is 0 Å². The molecule has 1 aromatic carbocycles. The van der Waals surface area contributed by atoms with Gasteiger partial charge in [0.25, 0.3) is 0 Å². The number of amides is 1. The number of rotatable bonds is 20. The normalized spacial score (nSPS) is 12.1. The lowest BCUT2D eigenvalue weighted by atomic mass is 10.0. The van der Waals surface area contributed by atoms with Crippen LogP contribution in [0.15, 0.2) is 30.3 Å². The molecule has 0 aromatic heterocycles. The molecule has 1 amide bonds. The minimum atomic E-state index is 0.135. The number of benzene rings is 1. The molecular formula is C28H48NO. The van der Waals surface area contributed by atoms with Crippen LogP contribution in [0.2, 0.25) is 0 Å². The molecule has 0 saturated heterocycles. The first-order valence-electron chi connectivity index (χ1n) is 13.0. The lowest BCUT2D eigenvalue weighted by Gasteiger charge is -2.16. The third kappa shape index (κ3) is 15.5. The van der Waals surface area contributed by atoms with Gasteiger partial charge in [0.2, 0.25) is 5.91 Å². The number of carbonyl (C=O) groups is 1. The summed E-state index contributed by atoms with van der Waals surface area (Å²) in [5.41, 5.74) is 1.18. The van der Waals surface area contributed by atoms with Crippen LogP contribution in [0.25, 0.3) is 0 Å². The molecule has 1 N–H and O–H groups in total. The predicted octanol–water partition coefficient (Wildman–Crippen LogP) is 8.40. The van der Waals surface area contributed by atoms with E-state index in [4.69, 9.17) is 0 Å². The predicted molar refractivity (Wildman–Crippen MR) is 132 cm³/mol. The Hall–Kier alpha value is -1.31. The number of unbranched alkanes of at least 4 members (excludes halogenated alkanes) is 14. The van der Waals surface area contributed by atoms with Gasteiger partial charge in [-0.05, 0) is 18.4 Å². The molecule has 1 rings (SSSR count). The fraction of sp³-hybridized carbons (Fsp3) is 0.714. The van der Waals surface area contributed by atoms with E-state index in [1.807, 2.05) is 18.2 Å². The van der Waals surface area contributed by atoms with Gasteiger partial charge in [-0.3, -0.25) is 4.79 Å². The third-order valence-electron chi connectivity index (χ3n) is 5.99. The molecule has 2 nitrogen and oxygen atoms in total. The highest BCUT2D eigenvalue weighted by molar-refractivity contribution is 5.76. The molecular weight excluding hydrogens is 366 g/mol. The molecule has 1 aromatic rings. The molecule has 1 atom stereocenters. The molecule has 1 radical (unpaired) electrons. The zero-order valence-corrected chi connectivity index (χ0v) is 20.0. The standard InChI is InChI=1S/C28H48NO/c1-3-5-6-7-8-9-10-11-12-13-14-15-16-17-21-24-28(30)29-27(4-2)25-26-22-19-18-20-23-26/h18-20,22-23,25,27H,3-17,21,24H2,1-2H3,(H,29,30). The van der Waals surface area contributed by atoms with Crippen molar-refractivity contribution in [1.29, 1.82) is 0 Å². The average Bonchev–Trinajstić information content (AvgIpc) is 2.76. The lowest BCUT2D eigenvalue weighted by molar-refractivity contribution is -0.121. The van der Waals surface area contributed by atoms with Crippen LogP contribution in [0.1, 0.15) is 129 Å². The van der Waals surface area contributed by atoms with Gasteiger partial charge in [0, 0.05) is 18.9 Å². The van der Waals surface area contributed by atoms with Crippen LogP contribution in [0.5, 0.6) is 0 Å². The van der Waals surface area contributed by atoms with E-state index in [1.165, 1.54) is 95.5 Å². The number of hydrogen-bond donors (Lipinski definition) is 1. The van der Waals surface area contributed by atoms with Gasteiger partial charge >= 0.3 is 0 Å². The Morgan fingerprint density at radius 3 is 1.67 bits per heavy atom. The van der Waals surface area contributed by atoms with E-state index in [9.17, 15) is 4.79 Å². The van der Waals surface area contributed by atoms with Gasteiger partial charge in [-0.25, -0.2) is 0 Å². The summed E-state index contributed by atoms with van der Waals surface area (Å²) in [6.45, 7) is 4.41. The first kappa shape index (κ1) is 26.7. The van der Waals surface area contributed by atoms with Crippen LogP contribution < -0.4 is 5.32 Å². The second kappa shape index (κ2) is 19.6. The molecule has 0 spiro atoms. The summed E-state index contributed by atoms with van der Waals surface area (Å²) in [5, 5.41) is 3.17. The van der Waals surface area contributed by atoms with Gasteiger partial charge in [-0.15, -0.1) is 0 Å². The second-order valence-corrected chi connectivity index (χ2v) is 8.86. The molecule has 1 unspecified atom stereocenters. The van der Waals surface area contributed by atoms with Crippen LogP contribution in [0.3, 0.4) is 0 Å². The van der Waals surface area contributed by atoms with Crippen LogP contribution in [-0.4, -0.2) is 11.9 Å². The Morgan fingerprint density at radius 1 is 0.733 bits per heavy atom. The van der Waals surface area contributed by atoms with Crippen molar-refractivity contribution in [3.8, 4) is 0 Å². The Balaban J connectivity index is 1.88. The van der Waals surface area contributed by atoms with E-state index in [0.29, 0.717) is 6.42 Å². The van der Waals surface area contributed by atoms with E-state index in [0.717, 1.165) is 12.8 Å². The first-order chi connectivity index (χ1) is 14.8. The van der Waals surface area contributed by atoms with Gasteiger partial charge < -0.3 is 5.32 Å². The van der Waals surface area contributed by atoms with Crippen molar-refractivity contribution in [1.82, 2.24) is 5.32 Å².